The summed E-state index contributed by atoms with van der Waals surface area (Å²) in [6.07, 6.45) is 0. The topological polar surface area (TPSA) is 61.4 Å². The lowest BCUT2D eigenvalue weighted by molar-refractivity contribution is 0.0932. The van der Waals surface area contributed by atoms with E-state index in [1.54, 1.807) is 0 Å². The molecule has 0 bridgehead atoms. The fraction of sp³-hybridized carbons (Fsp3) is 0.417. The summed E-state index contributed by atoms with van der Waals surface area (Å²) in [5.41, 5.74) is 0.311. The molecule has 2 atom stereocenters. The second-order valence-corrected chi connectivity index (χ2v) is 4.79. The maximum absolute atomic E-state index is 12.0. The number of aromatic hydroxyl groups is 1. The minimum atomic E-state index is -0.244. The summed E-state index contributed by atoms with van der Waals surface area (Å²) in [5.74, 6) is 0.193. The average molecular weight is 255 g/mol. The lowest BCUT2D eigenvalue weighted by Gasteiger charge is -2.16. The van der Waals surface area contributed by atoms with E-state index in [9.17, 15) is 9.90 Å². The zero-order chi connectivity index (χ0) is 12.4. The van der Waals surface area contributed by atoms with E-state index in [1.807, 2.05) is 0 Å². The summed E-state index contributed by atoms with van der Waals surface area (Å²) in [6.45, 7) is 3.75. The van der Waals surface area contributed by atoms with Gasteiger partial charge in [0.1, 0.15) is 5.75 Å². The molecule has 0 spiro atoms. The molecular weight excluding hydrogens is 240 g/mol. The number of benzene rings is 1. The van der Waals surface area contributed by atoms with Crippen LogP contribution in [-0.2, 0) is 0 Å². The highest BCUT2D eigenvalue weighted by Gasteiger charge is 2.25. The van der Waals surface area contributed by atoms with Crippen LogP contribution in [-0.4, -0.2) is 30.1 Å². The molecule has 1 fully saturated rings. The molecule has 5 heteroatoms. The first kappa shape index (κ1) is 12.2. The molecule has 4 nitrogen and oxygen atoms in total. The molecule has 1 aliphatic rings. The van der Waals surface area contributed by atoms with Gasteiger partial charge in [-0.05, 0) is 30.7 Å². The lowest BCUT2D eigenvalue weighted by Crippen LogP contribution is -2.39. The molecule has 1 heterocycles. The first-order valence-electron chi connectivity index (χ1n) is 5.58. The van der Waals surface area contributed by atoms with Crippen molar-refractivity contribution in [3.8, 4) is 5.75 Å². The Labute approximate surface area is 105 Å². The molecule has 0 aromatic heterocycles. The average Bonchev–Trinajstić information content (AvgIpc) is 2.68. The molecule has 3 N–H and O–H groups in total. The molecule has 2 rings (SSSR count). The Kier molecular flexibility index (Phi) is 3.54. The van der Waals surface area contributed by atoms with Gasteiger partial charge in [-0.2, -0.15) is 0 Å². The summed E-state index contributed by atoms with van der Waals surface area (Å²) < 4.78 is 0. The molecule has 1 amide bonds. The molecule has 1 saturated heterocycles. The zero-order valence-electron chi connectivity index (χ0n) is 9.53. The van der Waals surface area contributed by atoms with E-state index in [0.29, 0.717) is 16.5 Å². The number of hydrogen-bond acceptors (Lipinski definition) is 3. The predicted molar refractivity (Wildman–Crippen MR) is 66.4 cm³/mol. The van der Waals surface area contributed by atoms with Crippen molar-refractivity contribution in [3.63, 3.8) is 0 Å². The van der Waals surface area contributed by atoms with Gasteiger partial charge in [-0.15, -0.1) is 0 Å². The summed E-state index contributed by atoms with van der Waals surface area (Å²) >= 11 is 5.93. The number of amides is 1. The van der Waals surface area contributed by atoms with Crippen LogP contribution in [0.25, 0.3) is 0 Å². The van der Waals surface area contributed by atoms with E-state index in [0.717, 1.165) is 13.1 Å². The number of nitrogens with one attached hydrogen (secondary N) is 2. The van der Waals surface area contributed by atoms with Crippen molar-refractivity contribution in [3.05, 3.63) is 28.8 Å². The van der Waals surface area contributed by atoms with Crippen molar-refractivity contribution in [1.29, 1.82) is 0 Å². The molecule has 1 aromatic rings. The van der Waals surface area contributed by atoms with Gasteiger partial charge in [0.2, 0.25) is 0 Å². The van der Waals surface area contributed by atoms with Crippen LogP contribution in [0.15, 0.2) is 18.2 Å². The van der Waals surface area contributed by atoms with E-state index in [2.05, 4.69) is 17.6 Å². The van der Waals surface area contributed by atoms with E-state index >= 15 is 0 Å². The normalized spacial score (nSPS) is 23.6. The fourth-order valence-electron chi connectivity index (χ4n) is 1.94. The highest BCUT2D eigenvalue weighted by Crippen LogP contribution is 2.21. The minimum Gasteiger partial charge on any atom is -0.508 e. The van der Waals surface area contributed by atoms with Crippen LogP contribution in [0.4, 0.5) is 0 Å². The summed E-state index contributed by atoms with van der Waals surface area (Å²) in [6, 6.07) is 4.46. The van der Waals surface area contributed by atoms with Crippen LogP contribution in [0.5, 0.6) is 5.75 Å². The number of carbonyl (C=O) groups is 1. The Morgan fingerprint density at radius 2 is 2.29 bits per heavy atom. The van der Waals surface area contributed by atoms with Crippen molar-refractivity contribution >= 4 is 17.5 Å². The second kappa shape index (κ2) is 4.94. The molecular formula is C12H15ClN2O2. The van der Waals surface area contributed by atoms with Crippen LogP contribution in [0.2, 0.25) is 5.02 Å². The highest BCUT2D eigenvalue weighted by atomic mass is 35.5. The van der Waals surface area contributed by atoms with Gasteiger partial charge in [-0.3, -0.25) is 4.79 Å². The maximum atomic E-state index is 12.0. The molecule has 0 aliphatic carbocycles. The maximum Gasteiger partial charge on any atom is 0.253 e. The Morgan fingerprint density at radius 1 is 1.53 bits per heavy atom. The van der Waals surface area contributed by atoms with E-state index in [-0.39, 0.29) is 17.7 Å². The van der Waals surface area contributed by atoms with Gasteiger partial charge in [0.15, 0.2) is 0 Å². The van der Waals surface area contributed by atoms with Crippen LogP contribution in [0, 0.1) is 5.92 Å². The number of rotatable bonds is 2. The van der Waals surface area contributed by atoms with Gasteiger partial charge in [-0.25, -0.2) is 0 Å². The van der Waals surface area contributed by atoms with Crippen molar-refractivity contribution in [2.45, 2.75) is 13.0 Å². The zero-order valence-corrected chi connectivity index (χ0v) is 10.3. The Balaban J connectivity index is 2.11. The van der Waals surface area contributed by atoms with Crippen LogP contribution in [0.1, 0.15) is 17.3 Å². The largest absolute Gasteiger partial charge is 0.508 e. The van der Waals surface area contributed by atoms with Crippen molar-refractivity contribution in [2.24, 2.45) is 5.92 Å². The second-order valence-electron chi connectivity index (χ2n) is 4.38. The first-order valence-corrected chi connectivity index (χ1v) is 5.96. The van der Waals surface area contributed by atoms with Gasteiger partial charge in [0.25, 0.3) is 5.91 Å². The number of phenolic OH excluding ortho intramolecular Hbond substituents is 1. The van der Waals surface area contributed by atoms with Crippen molar-refractivity contribution < 1.29 is 9.90 Å². The standard InChI is InChI=1S/C12H15ClN2O2/c1-7-5-14-6-11(7)15-12(17)9-4-8(16)2-3-10(9)13/h2-4,7,11,14,16H,5-6H2,1H3,(H,15,17). The van der Waals surface area contributed by atoms with Gasteiger partial charge in [0, 0.05) is 12.6 Å². The van der Waals surface area contributed by atoms with Crippen molar-refractivity contribution in [1.82, 2.24) is 10.6 Å². The van der Waals surface area contributed by atoms with Gasteiger partial charge < -0.3 is 15.7 Å². The van der Waals surface area contributed by atoms with Gasteiger partial charge >= 0.3 is 0 Å². The first-order chi connectivity index (χ1) is 8.08. The third kappa shape index (κ3) is 2.70. The molecule has 1 aromatic carbocycles. The lowest BCUT2D eigenvalue weighted by atomic mass is 10.1. The number of phenols is 1. The van der Waals surface area contributed by atoms with E-state index < -0.39 is 0 Å². The molecule has 0 saturated carbocycles. The minimum absolute atomic E-state index is 0.0390. The van der Waals surface area contributed by atoms with Gasteiger partial charge in [0.05, 0.1) is 10.6 Å². The highest BCUT2D eigenvalue weighted by molar-refractivity contribution is 6.33. The fourth-order valence-corrected chi connectivity index (χ4v) is 2.14. The molecule has 92 valence electrons. The summed E-state index contributed by atoms with van der Waals surface area (Å²) in [5, 5.41) is 15.8. The van der Waals surface area contributed by atoms with Crippen molar-refractivity contribution in [2.75, 3.05) is 13.1 Å². The van der Waals surface area contributed by atoms with E-state index in [4.69, 9.17) is 11.6 Å². The van der Waals surface area contributed by atoms with E-state index in [1.165, 1.54) is 18.2 Å². The summed E-state index contributed by atoms with van der Waals surface area (Å²) in [4.78, 5) is 12.0. The smallest absolute Gasteiger partial charge is 0.253 e. The van der Waals surface area contributed by atoms with Crippen LogP contribution < -0.4 is 10.6 Å². The molecule has 0 radical (unpaired) electrons. The molecule has 1 aliphatic heterocycles. The number of carbonyl (C=O) groups excluding carboxylic acids is 1. The van der Waals surface area contributed by atoms with Crippen LogP contribution >= 0.6 is 11.6 Å². The Morgan fingerprint density at radius 3 is 2.94 bits per heavy atom. The number of halogens is 1. The third-order valence-electron chi connectivity index (χ3n) is 3.03. The quantitative estimate of drug-likeness (QED) is 0.747. The number of hydrogen-bond donors (Lipinski definition) is 3. The Hall–Kier alpha value is -1.26. The van der Waals surface area contributed by atoms with Gasteiger partial charge in [-0.1, -0.05) is 18.5 Å². The monoisotopic (exact) mass is 254 g/mol. The molecule has 17 heavy (non-hydrogen) atoms. The van der Waals surface area contributed by atoms with Crippen LogP contribution in [0.3, 0.4) is 0 Å². The summed E-state index contributed by atoms with van der Waals surface area (Å²) in [7, 11) is 0. The third-order valence-corrected chi connectivity index (χ3v) is 3.36. The molecule has 2 unspecified atom stereocenters. The predicted octanol–water partition coefficient (Wildman–Crippen LogP) is 1.38. The Bertz CT molecular complexity index is 437. The SMILES string of the molecule is CC1CNCC1NC(=O)c1cc(O)ccc1Cl.